The SMILES string of the molecule is CCSc1nc2n(n1)C(c1cccs1)C(C(=O)Nc1cccc(C)c1C)=C(C)N2. The minimum Gasteiger partial charge on any atom is -0.328 e. The number of carbonyl (C=O) groups is 1. The largest absolute Gasteiger partial charge is 0.328 e. The van der Waals surface area contributed by atoms with Gasteiger partial charge in [-0.25, -0.2) is 4.68 Å². The Bertz CT molecular complexity index is 1080. The van der Waals surface area contributed by atoms with Crippen LogP contribution in [0.3, 0.4) is 0 Å². The van der Waals surface area contributed by atoms with Crippen LogP contribution in [0.15, 0.2) is 52.1 Å². The first-order chi connectivity index (χ1) is 14.0. The highest BCUT2D eigenvalue weighted by molar-refractivity contribution is 7.99. The zero-order valence-corrected chi connectivity index (χ0v) is 18.4. The van der Waals surface area contributed by atoms with Gasteiger partial charge in [-0.15, -0.1) is 16.4 Å². The number of carbonyl (C=O) groups excluding carboxylic acids is 1. The first kappa shape index (κ1) is 19.7. The average Bonchev–Trinajstić information content (AvgIpc) is 3.34. The summed E-state index contributed by atoms with van der Waals surface area (Å²) in [6, 6.07) is 9.66. The molecular weight excluding hydrogens is 402 g/mol. The Balaban J connectivity index is 1.75. The number of aryl methyl sites for hydroxylation is 1. The molecule has 1 unspecified atom stereocenters. The summed E-state index contributed by atoms with van der Waals surface area (Å²) in [5.74, 6) is 1.42. The normalized spacial score (nSPS) is 15.8. The Morgan fingerprint density at radius 2 is 2.10 bits per heavy atom. The number of nitrogens with zero attached hydrogens (tertiary/aromatic N) is 3. The highest BCUT2D eigenvalue weighted by Crippen LogP contribution is 2.38. The maximum atomic E-state index is 13.4. The van der Waals surface area contributed by atoms with Gasteiger partial charge in [0.05, 0.1) is 5.57 Å². The van der Waals surface area contributed by atoms with Crippen molar-refractivity contribution >= 4 is 40.6 Å². The van der Waals surface area contributed by atoms with E-state index in [0.717, 1.165) is 33.1 Å². The van der Waals surface area contributed by atoms with E-state index >= 15 is 0 Å². The van der Waals surface area contributed by atoms with Crippen molar-refractivity contribution in [1.82, 2.24) is 14.8 Å². The smallest absolute Gasteiger partial charge is 0.255 e. The molecule has 1 atom stereocenters. The van der Waals surface area contributed by atoms with E-state index in [9.17, 15) is 4.79 Å². The van der Waals surface area contributed by atoms with Crippen LogP contribution in [0.5, 0.6) is 0 Å². The summed E-state index contributed by atoms with van der Waals surface area (Å²) in [5.41, 5.74) is 4.48. The number of hydrogen-bond acceptors (Lipinski definition) is 6. The predicted octanol–water partition coefficient (Wildman–Crippen LogP) is 5.00. The molecule has 3 aromatic rings. The lowest BCUT2D eigenvalue weighted by atomic mass is 10.00. The number of anilines is 2. The fourth-order valence-corrected chi connectivity index (χ4v) is 4.77. The summed E-state index contributed by atoms with van der Waals surface area (Å²) in [6.45, 7) is 8.05. The quantitative estimate of drug-likeness (QED) is 0.563. The molecule has 0 saturated carbocycles. The lowest BCUT2D eigenvalue weighted by Gasteiger charge is -2.28. The van der Waals surface area contributed by atoms with Crippen molar-refractivity contribution in [3.05, 3.63) is 63.0 Å². The minimum atomic E-state index is -0.310. The van der Waals surface area contributed by atoms with Crippen LogP contribution in [-0.4, -0.2) is 26.4 Å². The summed E-state index contributed by atoms with van der Waals surface area (Å²) in [6.07, 6.45) is 0. The Labute approximate surface area is 178 Å². The molecule has 1 aromatic carbocycles. The topological polar surface area (TPSA) is 71.8 Å². The summed E-state index contributed by atoms with van der Waals surface area (Å²) >= 11 is 3.20. The van der Waals surface area contributed by atoms with Crippen molar-refractivity contribution in [3.63, 3.8) is 0 Å². The second-order valence-corrected chi connectivity index (χ2v) is 9.09. The molecule has 2 N–H and O–H groups in total. The maximum Gasteiger partial charge on any atom is 0.255 e. The van der Waals surface area contributed by atoms with E-state index in [1.807, 2.05) is 61.2 Å². The molecule has 150 valence electrons. The molecule has 4 rings (SSSR count). The van der Waals surface area contributed by atoms with Crippen LogP contribution in [0.1, 0.15) is 35.9 Å². The van der Waals surface area contributed by atoms with Gasteiger partial charge in [-0.2, -0.15) is 4.98 Å². The van der Waals surface area contributed by atoms with E-state index in [1.54, 1.807) is 23.1 Å². The van der Waals surface area contributed by atoms with Crippen LogP contribution >= 0.6 is 23.1 Å². The fraction of sp³-hybridized carbons (Fsp3) is 0.286. The van der Waals surface area contributed by atoms with Gasteiger partial charge in [-0.05, 0) is 55.2 Å². The van der Waals surface area contributed by atoms with Gasteiger partial charge < -0.3 is 10.6 Å². The lowest BCUT2D eigenvalue weighted by molar-refractivity contribution is -0.113. The van der Waals surface area contributed by atoms with Gasteiger partial charge in [-0.1, -0.05) is 36.9 Å². The third-order valence-corrected chi connectivity index (χ3v) is 6.66. The number of aromatic nitrogens is 3. The number of allylic oxidation sites excluding steroid dienone is 1. The number of fused-ring (bicyclic) bond motifs is 1. The number of amides is 1. The number of hydrogen-bond donors (Lipinski definition) is 2. The zero-order valence-electron chi connectivity index (χ0n) is 16.8. The van der Waals surface area contributed by atoms with E-state index in [-0.39, 0.29) is 11.9 Å². The molecule has 0 spiro atoms. The lowest BCUT2D eigenvalue weighted by Crippen LogP contribution is -2.31. The van der Waals surface area contributed by atoms with E-state index < -0.39 is 0 Å². The number of benzene rings is 1. The molecule has 0 fully saturated rings. The molecule has 6 nitrogen and oxygen atoms in total. The van der Waals surface area contributed by atoms with E-state index in [2.05, 4.69) is 27.6 Å². The highest BCUT2D eigenvalue weighted by atomic mass is 32.2. The number of nitrogens with one attached hydrogen (secondary N) is 2. The molecule has 0 bridgehead atoms. The van der Waals surface area contributed by atoms with Gasteiger partial charge in [0.2, 0.25) is 11.1 Å². The van der Waals surface area contributed by atoms with Gasteiger partial charge >= 0.3 is 0 Å². The fourth-order valence-electron chi connectivity index (χ4n) is 3.40. The van der Waals surface area contributed by atoms with Crippen LogP contribution in [0.4, 0.5) is 11.6 Å². The molecule has 0 aliphatic carbocycles. The van der Waals surface area contributed by atoms with Crippen molar-refractivity contribution in [2.45, 2.75) is 38.9 Å². The zero-order chi connectivity index (χ0) is 20.5. The van der Waals surface area contributed by atoms with Crippen LogP contribution in [0, 0.1) is 13.8 Å². The second kappa shape index (κ2) is 8.04. The highest BCUT2D eigenvalue weighted by Gasteiger charge is 2.35. The molecule has 3 heterocycles. The maximum absolute atomic E-state index is 13.4. The van der Waals surface area contributed by atoms with Gasteiger partial charge in [-0.3, -0.25) is 4.79 Å². The van der Waals surface area contributed by atoms with Gasteiger partial charge in [0.25, 0.3) is 5.91 Å². The van der Waals surface area contributed by atoms with Crippen molar-refractivity contribution in [1.29, 1.82) is 0 Å². The summed E-state index contributed by atoms with van der Waals surface area (Å²) < 4.78 is 1.83. The molecule has 1 aliphatic heterocycles. The van der Waals surface area contributed by atoms with Crippen LogP contribution in [-0.2, 0) is 4.79 Å². The summed E-state index contributed by atoms with van der Waals surface area (Å²) in [5, 5.41) is 13.8. The monoisotopic (exact) mass is 425 g/mol. The molecule has 2 aromatic heterocycles. The third-order valence-electron chi connectivity index (χ3n) is 5.02. The third kappa shape index (κ3) is 3.70. The van der Waals surface area contributed by atoms with E-state index in [1.165, 1.54) is 0 Å². The molecule has 1 aliphatic rings. The van der Waals surface area contributed by atoms with Gasteiger partial charge in [0, 0.05) is 16.3 Å². The van der Waals surface area contributed by atoms with E-state index in [0.29, 0.717) is 16.7 Å². The first-order valence-electron chi connectivity index (χ1n) is 9.47. The molecular formula is C21H23N5OS2. The van der Waals surface area contributed by atoms with Crippen molar-refractivity contribution in [2.24, 2.45) is 0 Å². The second-order valence-electron chi connectivity index (χ2n) is 6.88. The van der Waals surface area contributed by atoms with E-state index in [4.69, 9.17) is 0 Å². The average molecular weight is 426 g/mol. The number of thioether (sulfide) groups is 1. The van der Waals surface area contributed by atoms with Crippen molar-refractivity contribution < 1.29 is 4.79 Å². The Hall–Kier alpha value is -2.58. The molecule has 1 amide bonds. The Morgan fingerprint density at radius 1 is 1.28 bits per heavy atom. The Morgan fingerprint density at radius 3 is 2.83 bits per heavy atom. The van der Waals surface area contributed by atoms with Crippen LogP contribution < -0.4 is 10.6 Å². The summed E-state index contributed by atoms with van der Waals surface area (Å²) in [4.78, 5) is 19.1. The van der Waals surface area contributed by atoms with Gasteiger partial charge in [0.15, 0.2) is 0 Å². The molecule has 8 heteroatoms. The summed E-state index contributed by atoms with van der Waals surface area (Å²) in [7, 11) is 0. The van der Waals surface area contributed by atoms with Gasteiger partial charge in [0.1, 0.15) is 6.04 Å². The first-order valence-corrected chi connectivity index (χ1v) is 11.3. The Kier molecular flexibility index (Phi) is 5.47. The molecule has 0 radical (unpaired) electrons. The number of thiophene rings is 1. The number of rotatable bonds is 5. The standard InChI is InChI=1S/C21H23N5OS2/c1-5-28-21-24-20-22-14(4)17(18(26(20)25-21)16-10-7-11-29-16)19(27)23-15-9-6-8-12(2)13(15)3/h6-11,18H,5H2,1-4H3,(H,23,27)(H,22,24,25). The van der Waals surface area contributed by atoms with Crippen LogP contribution in [0.25, 0.3) is 0 Å². The molecule has 0 saturated heterocycles. The van der Waals surface area contributed by atoms with Crippen molar-refractivity contribution in [2.75, 3.05) is 16.4 Å². The minimum absolute atomic E-state index is 0.132. The van der Waals surface area contributed by atoms with Crippen LogP contribution in [0.2, 0.25) is 0 Å². The van der Waals surface area contributed by atoms with Crippen molar-refractivity contribution in [3.8, 4) is 0 Å². The molecule has 29 heavy (non-hydrogen) atoms. The predicted molar refractivity (Wildman–Crippen MR) is 120 cm³/mol.